The van der Waals surface area contributed by atoms with Crippen molar-refractivity contribution in [1.82, 2.24) is 4.98 Å². The van der Waals surface area contributed by atoms with E-state index in [1.54, 1.807) is 0 Å². The Hall–Kier alpha value is -1.12. The minimum absolute atomic E-state index is 0.0510. The molecule has 5 nitrogen and oxygen atoms in total. The van der Waals surface area contributed by atoms with E-state index in [1.165, 1.54) is 6.07 Å². The summed E-state index contributed by atoms with van der Waals surface area (Å²) >= 11 is 0. The molecule has 84 valence electrons. The smallest absolute Gasteiger partial charge is 0.281 e. The van der Waals surface area contributed by atoms with Crippen LogP contribution in [-0.4, -0.2) is 13.4 Å². The van der Waals surface area contributed by atoms with Crippen molar-refractivity contribution < 1.29 is 17.2 Å². The zero-order valence-electron chi connectivity index (χ0n) is 7.52. The average molecular weight is 237 g/mol. The van der Waals surface area contributed by atoms with Gasteiger partial charge in [-0.05, 0) is 12.1 Å². The molecule has 8 heteroatoms. The van der Waals surface area contributed by atoms with Crippen LogP contribution in [0.4, 0.5) is 8.78 Å². The highest BCUT2D eigenvalue weighted by atomic mass is 32.2. The monoisotopic (exact) mass is 237 g/mol. The van der Waals surface area contributed by atoms with E-state index in [9.17, 15) is 17.2 Å². The first-order chi connectivity index (χ1) is 6.86. The van der Waals surface area contributed by atoms with Crippen molar-refractivity contribution >= 4 is 10.0 Å². The molecule has 0 fully saturated rings. The van der Waals surface area contributed by atoms with Crippen molar-refractivity contribution in [2.75, 3.05) is 0 Å². The lowest BCUT2D eigenvalue weighted by molar-refractivity contribution is 0.142. The first-order valence-corrected chi connectivity index (χ1v) is 5.41. The molecular weight excluding hydrogens is 228 g/mol. The van der Waals surface area contributed by atoms with Crippen LogP contribution in [0.1, 0.15) is 17.8 Å². The first-order valence-electron chi connectivity index (χ1n) is 3.87. The van der Waals surface area contributed by atoms with Crippen LogP contribution in [0.15, 0.2) is 17.0 Å². The lowest BCUT2D eigenvalue weighted by atomic mass is 10.3. The van der Waals surface area contributed by atoms with Crippen molar-refractivity contribution in [3.63, 3.8) is 0 Å². The van der Waals surface area contributed by atoms with Gasteiger partial charge in [0.15, 0.2) is 0 Å². The predicted octanol–water partition coefficient (Wildman–Crippen LogP) is 0.125. The van der Waals surface area contributed by atoms with Crippen LogP contribution in [-0.2, 0) is 16.6 Å². The minimum Gasteiger partial charge on any atom is -0.325 e. The fourth-order valence-corrected chi connectivity index (χ4v) is 1.70. The number of halogens is 2. The maximum Gasteiger partial charge on any atom is 0.281 e. The summed E-state index contributed by atoms with van der Waals surface area (Å²) in [6.07, 6.45) is -3.01. The molecule has 4 N–H and O–H groups in total. The molecule has 0 radical (unpaired) electrons. The van der Waals surface area contributed by atoms with E-state index in [0.29, 0.717) is 0 Å². The van der Waals surface area contributed by atoms with Crippen LogP contribution in [0.2, 0.25) is 0 Å². The van der Waals surface area contributed by atoms with Crippen molar-refractivity contribution in [2.45, 2.75) is 17.9 Å². The lowest BCUT2D eigenvalue weighted by Gasteiger charge is -2.07. The highest BCUT2D eigenvalue weighted by molar-refractivity contribution is 7.89. The van der Waals surface area contributed by atoms with Crippen LogP contribution >= 0.6 is 0 Å². The van der Waals surface area contributed by atoms with E-state index >= 15 is 0 Å². The van der Waals surface area contributed by atoms with E-state index in [0.717, 1.165) is 6.07 Å². The van der Waals surface area contributed by atoms with Crippen LogP contribution < -0.4 is 10.9 Å². The number of sulfonamides is 1. The lowest BCUT2D eigenvalue weighted by Crippen LogP contribution is -2.17. The molecule has 15 heavy (non-hydrogen) atoms. The number of primary sulfonamides is 1. The summed E-state index contributed by atoms with van der Waals surface area (Å²) in [4.78, 5) is 2.75. The van der Waals surface area contributed by atoms with Gasteiger partial charge in [-0.2, -0.15) is 0 Å². The van der Waals surface area contributed by atoms with Gasteiger partial charge in [-0.15, -0.1) is 0 Å². The van der Waals surface area contributed by atoms with E-state index in [4.69, 9.17) is 10.9 Å². The van der Waals surface area contributed by atoms with Crippen LogP contribution in [0.3, 0.4) is 0 Å². The van der Waals surface area contributed by atoms with E-state index < -0.39 is 27.0 Å². The van der Waals surface area contributed by atoms with Crippen LogP contribution in [0.25, 0.3) is 0 Å². The third-order valence-electron chi connectivity index (χ3n) is 1.67. The van der Waals surface area contributed by atoms with E-state index in [-0.39, 0.29) is 12.2 Å². The van der Waals surface area contributed by atoms with Crippen molar-refractivity contribution in [2.24, 2.45) is 10.9 Å². The largest absolute Gasteiger partial charge is 0.325 e. The third-order valence-corrected chi connectivity index (χ3v) is 2.62. The van der Waals surface area contributed by atoms with Crippen molar-refractivity contribution in [3.8, 4) is 0 Å². The zero-order chi connectivity index (χ0) is 11.6. The van der Waals surface area contributed by atoms with Crippen molar-refractivity contribution in [3.05, 3.63) is 23.5 Å². The number of nitrogens with zero attached hydrogens (tertiary/aromatic N) is 1. The fraction of sp³-hybridized carbons (Fsp3) is 0.286. The Bertz CT molecular complexity index is 461. The van der Waals surface area contributed by atoms with E-state index in [2.05, 4.69) is 4.98 Å². The minimum atomic E-state index is -4.19. The summed E-state index contributed by atoms with van der Waals surface area (Å²) in [6.45, 7) is -0.0510. The maximum atomic E-state index is 12.5. The number of pyridine rings is 1. The molecule has 0 bridgehead atoms. The Kier molecular flexibility index (Phi) is 3.32. The Morgan fingerprint density at radius 3 is 2.40 bits per heavy atom. The van der Waals surface area contributed by atoms with E-state index in [1.807, 2.05) is 0 Å². The predicted molar refractivity (Wildman–Crippen MR) is 48.5 cm³/mol. The second-order valence-electron chi connectivity index (χ2n) is 2.74. The Labute approximate surface area is 85.2 Å². The first kappa shape index (κ1) is 12.0. The summed E-state index contributed by atoms with van der Waals surface area (Å²) in [5.74, 6) is 0. The van der Waals surface area contributed by atoms with Gasteiger partial charge < -0.3 is 5.73 Å². The number of hydrogen-bond donors (Lipinski definition) is 2. The number of hydrogen-bond acceptors (Lipinski definition) is 4. The zero-order valence-corrected chi connectivity index (χ0v) is 8.34. The Morgan fingerprint density at radius 2 is 2.00 bits per heavy atom. The van der Waals surface area contributed by atoms with Gasteiger partial charge >= 0.3 is 0 Å². The molecule has 0 atom stereocenters. The van der Waals surface area contributed by atoms with Gasteiger partial charge in [0.05, 0.1) is 5.69 Å². The summed E-state index contributed by atoms with van der Waals surface area (Å²) in [7, 11) is -4.19. The Morgan fingerprint density at radius 1 is 1.40 bits per heavy atom. The molecule has 0 saturated heterocycles. The number of rotatable bonds is 3. The SMILES string of the molecule is NCc1ccc(S(N)(=O)=O)c(C(F)F)n1. The normalized spacial score (nSPS) is 12.1. The molecule has 0 aliphatic heterocycles. The fourth-order valence-electron chi connectivity index (χ4n) is 1.01. The highest BCUT2D eigenvalue weighted by Crippen LogP contribution is 2.23. The molecular formula is C7H9F2N3O2S. The van der Waals surface area contributed by atoms with Crippen molar-refractivity contribution in [1.29, 1.82) is 0 Å². The van der Waals surface area contributed by atoms with Gasteiger partial charge in [-0.1, -0.05) is 0 Å². The Balaban J connectivity index is 3.41. The second kappa shape index (κ2) is 4.17. The molecule has 1 heterocycles. The van der Waals surface area contributed by atoms with Gasteiger partial charge in [-0.25, -0.2) is 27.3 Å². The highest BCUT2D eigenvalue weighted by Gasteiger charge is 2.22. The van der Waals surface area contributed by atoms with Gasteiger partial charge in [0.2, 0.25) is 10.0 Å². The van der Waals surface area contributed by atoms with Gasteiger partial charge in [0.25, 0.3) is 6.43 Å². The topological polar surface area (TPSA) is 99.1 Å². The van der Waals surface area contributed by atoms with Crippen LogP contribution in [0, 0.1) is 0 Å². The molecule has 1 aromatic rings. The molecule has 0 aliphatic rings. The number of alkyl halides is 2. The number of aromatic nitrogens is 1. The quantitative estimate of drug-likeness (QED) is 0.780. The third kappa shape index (κ3) is 2.67. The summed E-state index contributed by atoms with van der Waals surface area (Å²) < 4.78 is 46.8. The van der Waals surface area contributed by atoms with Crippen LogP contribution in [0.5, 0.6) is 0 Å². The van der Waals surface area contributed by atoms with Gasteiger partial charge in [-0.3, -0.25) is 0 Å². The average Bonchev–Trinajstić information content (AvgIpc) is 2.15. The number of nitrogens with two attached hydrogens (primary N) is 2. The maximum absolute atomic E-state index is 12.5. The standard InChI is InChI=1S/C7H9F2N3O2S/c8-7(9)6-5(15(11,13)14)2-1-4(3-10)12-6/h1-2,7H,3,10H2,(H2,11,13,14). The molecule has 1 aromatic heterocycles. The summed E-state index contributed by atoms with van der Waals surface area (Å²) in [5.41, 5.74) is 4.51. The molecule has 0 aromatic carbocycles. The molecule has 0 spiro atoms. The van der Waals surface area contributed by atoms with Gasteiger partial charge in [0.1, 0.15) is 10.6 Å². The summed E-state index contributed by atoms with van der Waals surface area (Å²) in [5, 5.41) is 4.75. The molecule has 0 saturated carbocycles. The molecule has 0 amide bonds. The van der Waals surface area contributed by atoms with Gasteiger partial charge in [0, 0.05) is 6.54 Å². The molecule has 0 aliphatic carbocycles. The summed E-state index contributed by atoms with van der Waals surface area (Å²) in [6, 6.07) is 2.22. The second-order valence-corrected chi connectivity index (χ2v) is 4.27. The molecule has 1 rings (SSSR count). The molecule has 0 unspecified atom stereocenters.